The first kappa shape index (κ1) is 23.2. The van der Waals surface area contributed by atoms with Crippen LogP contribution in [0.2, 0.25) is 0 Å². The molecule has 0 amide bonds. The van der Waals surface area contributed by atoms with E-state index in [1.54, 1.807) is 24.3 Å². The van der Waals surface area contributed by atoms with E-state index < -0.39 is 54.6 Å². The Kier molecular flexibility index (Phi) is 5.94. The molecule has 2 heterocycles. The van der Waals surface area contributed by atoms with Gasteiger partial charge in [0.2, 0.25) is 0 Å². The Balaban J connectivity index is 1.66. The summed E-state index contributed by atoms with van der Waals surface area (Å²) >= 11 is 0. The van der Waals surface area contributed by atoms with Crippen LogP contribution in [-0.2, 0) is 23.7 Å². The lowest BCUT2D eigenvalue weighted by molar-refractivity contribution is -0.315. The van der Waals surface area contributed by atoms with Gasteiger partial charge in [-0.15, -0.1) is 0 Å². The normalized spacial score (nSPS) is 28.2. The number of esters is 2. The predicted molar refractivity (Wildman–Crippen MR) is 106 cm³/mol. The van der Waals surface area contributed by atoms with E-state index in [4.69, 9.17) is 23.7 Å². The highest BCUT2D eigenvalue weighted by Crippen LogP contribution is 2.52. The molecule has 0 unspecified atom stereocenters. The highest BCUT2D eigenvalue weighted by atomic mass is 19.4. The van der Waals surface area contributed by atoms with Crippen molar-refractivity contribution < 1.29 is 46.4 Å². The Bertz CT molecular complexity index is 1010. The number of carbonyl (C=O) groups excluding carboxylic acids is 2. The molecule has 0 bridgehead atoms. The van der Waals surface area contributed by atoms with Gasteiger partial charge < -0.3 is 23.7 Å². The van der Waals surface area contributed by atoms with Crippen molar-refractivity contribution in [1.82, 2.24) is 0 Å². The van der Waals surface area contributed by atoms with E-state index in [0.29, 0.717) is 0 Å². The maximum atomic E-state index is 14.6. The largest absolute Gasteiger partial charge is 0.459 e. The number of alkyl halides is 3. The van der Waals surface area contributed by atoms with Crippen molar-refractivity contribution in [2.75, 3.05) is 6.61 Å². The van der Waals surface area contributed by atoms with Crippen LogP contribution in [0.25, 0.3) is 0 Å². The van der Waals surface area contributed by atoms with Crippen LogP contribution < -0.4 is 0 Å². The van der Waals surface area contributed by atoms with Crippen LogP contribution in [0.3, 0.4) is 0 Å². The smallest absolute Gasteiger partial charge is 0.434 e. The maximum Gasteiger partial charge on any atom is 0.434 e. The Labute approximate surface area is 187 Å². The summed E-state index contributed by atoms with van der Waals surface area (Å²) in [4.78, 5) is 25.1. The molecule has 0 spiro atoms. The van der Waals surface area contributed by atoms with Gasteiger partial charge in [0.15, 0.2) is 18.2 Å². The number of fused-ring (bicyclic) bond motifs is 1. The molecule has 7 nitrogen and oxygen atoms in total. The summed E-state index contributed by atoms with van der Waals surface area (Å²) in [6.07, 6.45) is -10.4. The molecular weight excluding hydrogens is 445 g/mol. The molecule has 2 aliphatic rings. The van der Waals surface area contributed by atoms with Gasteiger partial charge in [0.25, 0.3) is 5.60 Å². The minimum atomic E-state index is -5.15. The first-order valence-corrected chi connectivity index (χ1v) is 10.1. The van der Waals surface area contributed by atoms with E-state index >= 15 is 0 Å². The average Bonchev–Trinajstić information content (AvgIpc) is 3.23. The molecule has 2 aromatic carbocycles. The van der Waals surface area contributed by atoms with Gasteiger partial charge in [0.05, 0.1) is 11.1 Å². The van der Waals surface area contributed by atoms with Crippen LogP contribution in [-0.4, -0.2) is 54.6 Å². The van der Waals surface area contributed by atoms with Crippen LogP contribution in [0.4, 0.5) is 13.2 Å². The van der Waals surface area contributed by atoms with Gasteiger partial charge >= 0.3 is 18.1 Å². The first-order valence-electron chi connectivity index (χ1n) is 10.1. The second-order valence-electron chi connectivity index (χ2n) is 8.06. The Morgan fingerprint density at radius 3 is 2.00 bits per heavy atom. The fraction of sp³-hybridized carbons (Fsp3) is 0.391. The number of hydrogen-bond acceptors (Lipinski definition) is 7. The van der Waals surface area contributed by atoms with Gasteiger partial charge in [-0.2, -0.15) is 13.2 Å². The molecule has 0 N–H and O–H groups in total. The zero-order valence-corrected chi connectivity index (χ0v) is 17.7. The van der Waals surface area contributed by atoms with Gasteiger partial charge in [-0.25, -0.2) is 9.59 Å². The highest BCUT2D eigenvalue weighted by Gasteiger charge is 2.77. The molecule has 10 heteroatoms. The monoisotopic (exact) mass is 466 g/mol. The fourth-order valence-electron chi connectivity index (χ4n) is 3.85. The zero-order valence-electron chi connectivity index (χ0n) is 17.7. The lowest BCUT2D eigenvalue weighted by Crippen LogP contribution is -2.63. The molecule has 2 fully saturated rings. The number of rotatable bonds is 5. The number of carbonyl (C=O) groups is 2. The predicted octanol–water partition coefficient (Wildman–Crippen LogP) is 3.88. The van der Waals surface area contributed by atoms with Crippen LogP contribution in [0.15, 0.2) is 60.7 Å². The van der Waals surface area contributed by atoms with Gasteiger partial charge in [0, 0.05) is 0 Å². The molecule has 176 valence electrons. The van der Waals surface area contributed by atoms with Gasteiger partial charge in [-0.1, -0.05) is 36.4 Å². The van der Waals surface area contributed by atoms with Crippen molar-refractivity contribution in [1.29, 1.82) is 0 Å². The third-order valence-electron chi connectivity index (χ3n) is 5.35. The van der Waals surface area contributed by atoms with Gasteiger partial charge in [-0.3, -0.25) is 0 Å². The van der Waals surface area contributed by atoms with E-state index in [0.717, 1.165) is 0 Å². The average molecular weight is 466 g/mol. The third kappa shape index (κ3) is 4.33. The van der Waals surface area contributed by atoms with Gasteiger partial charge in [-0.05, 0) is 38.1 Å². The van der Waals surface area contributed by atoms with Crippen LogP contribution >= 0.6 is 0 Å². The molecule has 2 aliphatic heterocycles. The first-order chi connectivity index (χ1) is 15.5. The number of hydrogen-bond donors (Lipinski definition) is 0. The molecule has 33 heavy (non-hydrogen) atoms. The van der Waals surface area contributed by atoms with Crippen LogP contribution in [0.5, 0.6) is 0 Å². The summed E-state index contributed by atoms with van der Waals surface area (Å²) in [5.41, 5.74) is -3.24. The van der Waals surface area contributed by atoms with E-state index in [2.05, 4.69) is 0 Å². The fourth-order valence-corrected chi connectivity index (χ4v) is 3.85. The summed E-state index contributed by atoms with van der Waals surface area (Å²) < 4.78 is 70.6. The summed E-state index contributed by atoms with van der Waals surface area (Å²) in [6.45, 7) is 1.98. The minimum absolute atomic E-state index is 0.0946. The number of halogens is 3. The molecule has 4 rings (SSSR count). The summed E-state index contributed by atoms with van der Waals surface area (Å²) in [7, 11) is 0. The highest BCUT2D eigenvalue weighted by molar-refractivity contribution is 5.90. The number of benzene rings is 2. The van der Waals surface area contributed by atoms with E-state index in [9.17, 15) is 22.8 Å². The Morgan fingerprint density at radius 2 is 1.45 bits per heavy atom. The van der Waals surface area contributed by atoms with E-state index in [1.807, 2.05) is 0 Å². The molecule has 0 aromatic heterocycles. The Hall–Kier alpha value is -2.95. The molecule has 0 aliphatic carbocycles. The summed E-state index contributed by atoms with van der Waals surface area (Å²) in [5.74, 6) is -3.51. The van der Waals surface area contributed by atoms with Crippen molar-refractivity contribution in [3.8, 4) is 0 Å². The minimum Gasteiger partial charge on any atom is -0.459 e. The third-order valence-corrected chi connectivity index (χ3v) is 5.35. The molecule has 0 saturated carbocycles. The summed E-state index contributed by atoms with van der Waals surface area (Å²) in [5, 5.41) is 0. The van der Waals surface area contributed by atoms with Crippen molar-refractivity contribution in [3.05, 3.63) is 71.8 Å². The number of ether oxygens (including phenoxy) is 5. The molecular formula is C23H21F3O7. The van der Waals surface area contributed by atoms with Crippen molar-refractivity contribution in [3.63, 3.8) is 0 Å². The second kappa shape index (κ2) is 8.44. The Morgan fingerprint density at radius 1 is 0.909 bits per heavy atom. The SMILES string of the molecule is CC1(C)O[C@H]2O[C@H](COC(=O)c3ccccc3)[C@](OC(=O)c3ccccc3)(C(F)(F)F)[C@H]2O1. The van der Waals surface area contributed by atoms with Crippen molar-refractivity contribution >= 4 is 11.9 Å². The van der Waals surface area contributed by atoms with Crippen LogP contribution in [0, 0.1) is 0 Å². The lowest BCUT2D eigenvalue weighted by atomic mass is 9.91. The van der Waals surface area contributed by atoms with Crippen LogP contribution in [0.1, 0.15) is 34.6 Å². The van der Waals surface area contributed by atoms with E-state index in [-0.39, 0.29) is 11.1 Å². The quantitative estimate of drug-likeness (QED) is 0.619. The van der Waals surface area contributed by atoms with E-state index in [1.165, 1.54) is 50.2 Å². The van der Waals surface area contributed by atoms with Crippen molar-refractivity contribution in [2.45, 2.75) is 49.9 Å². The van der Waals surface area contributed by atoms with Crippen molar-refractivity contribution in [2.24, 2.45) is 0 Å². The zero-order chi connectivity index (χ0) is 23.9. The molecule has 2 aromatic rings. The molecule has 2 saturated heterocycles. The maximum absolute atomic E-state index is 14.6. The topological polar surface area (TPSA) is 80.3 Å². The lowest BCUT2D eigenvalue weighted by Gasteiger charge is -2.38. The standard InChI is InChI=1S/C23H21F3O7/c1-21(2)31-17-20(33-21)30-16(13-29-18(27)14-9-5-3-6-10-14)22(17,23(24,25)26)32-19(28)15-11-7-4-8-12-15/h3-12,16-17,20H,13H2,1-2H3/t16-,17+,20-,22-/m1/s1. The summed E-state index contributed by atoms with van der Waals surface area (Å²) in [6, 6.07) is 15.0. The molecule has 4 atom stereocenters. The second-order valence-corrected chi connectivity index (χ2v) is 8.06. The molecule has 0 radical (unpaired) electrons. The van der Waals surface area contributed by atoms with Gasteiger partial charge in [0.1, 0.15) is 12.7 Å².